The largest absolute Gasteiger partial charge is 0.382 e. The van der Waals surface area contributed by atoms with Crippen LogP contribution in [0.25, 0.3) is 0 Å². The van der Waals surface area contributed by atoms with Gasteiger partial charge >= 0.3 is 0 Å². The van der Waals surface area contributed by atoms with Crippen molar-refractivity contribution < 1.29 is 4.79 Å². The number of nitrogens with zero attached hydrogens (tertiary/aromatic N) is 3. The van der Waals surface area contributed by atoms with Crippen LogP contribution in [0.3, 0.4) is 0 Å². The smallest absolute Gasteiger partial charge is 0.274 e. The van der Waals surface area contributed by atoms with Gasteiger partial charge in [0.1, 0.15) is 11.5 Å². The molecule has 15 heavy (non-hydrogen) atoms. The van der Waals surface area contributed by atoms with Crippen LogP contribution < -0.4 is 5.73 Å². The number of hydrogen-bond acceptors (Lipinski definition) is 4. The Labute approximate surface area is 89.3 Å². The lowest BCUT2D eigenvalue weighted by Gasteiger charge is -2.24. The summed E-state index contributed by atoms with van der Waals surface area (Å²) in [6.07, 6.45) is 2.85. The Kier molecular flexibility index (Phi) is 3.60. The van der Waals surface area contributed by atoms with Gasteiger partial charge in [0, 0.05) is 12.6 Å². The van der Waals surface area contributed by atoms with Gasteiger partial charge in [0.15, 0.2) is 0 Å². The molecule has 1 heterocycles. The topological polar surface area (TPSA) is 72.1 Å². The number of nitrogen functional groups attached to an aromatic ring is 1. The van der Waals surface area contributed by atoms with Crippen LogP contribution in [0.5, 0.6) is 0 Å². The summed E-state index contributed by atoms with van der Waals surface area (Å²) in [6.45, 7) is 6.49. The molecular weight excluding hydrogens is 192 g/mol. The van der Waals surface area contributed by atoms with Crippen molar-refractivity contribution in [2.24, 2.45) is 0 Å². The van der Waals surface area contributed by atoms with E-state index in [0.717, 1.165) is 0 Å². The van der Waals surface area contributed by atoms with E-state index in [-0.39, 0.29) is 17.8 Å². The Balaban J connectivity index is 2.93. The first kappa shape index (κ1) is 11.4. The van der Waals surface area contributed by atoms with Crippen LogP contribution >= 0.6 is 0 Å². The van der Waals surface area contributed by atoms with Crippen LogP contribution in [-0.2, 0) is 0 Å². The summed E-state index contributed by atoms with van der Waals surface area (Å²) in [5.74, 6) is 0.132. The molecule has 0 spiro atoms. The number of carbonyl (C=O) groups excluding carboxylic acids is 1. The molecule has 0 aromatic carbocycles. The van der Waals surface area contributed by atoms with Crippen LogP contribution in [0, 0.1) is 0 Å². The molecule has 5 nitrogen and oxygen atoms in total. The van der Waals surface area contributed by atoms with Crippen molar-refractivity contribution in [2.75, 3.05) is 12.3 Å². The molecule has 1 aromatic heterocycles. The average Bonchev–Trinajstić information content (AvgIpc) is 2.18. The van der Waals surface area contributed by atoms with Crippen molar-refractivity contribution in [1.82, 2.24) is 14.9 Å². The highest BCUT2D eigenvalue weighted by molar-refractivity contribution is 5.92. The quantitative estimate of drug-likeness (QED) is 0.802. The SMILES string of the molecule is CCN(C(=O)c1cncc(N)n1)C(C)C. The maximum Gasteiger partial charge on any atom is 0.274 e. The first-order chi connectivity index (χ1) is 7.06. The van der Waals surface area contributed by atoms with E-state index >= 15 is 0 Å². The van der Waals surface area contributed by atoms with Gasteiger partial charge in [0.25, 0.3) is 5.91 Å². The van der Waals surface area contributed by atoms with Crippen LogP contribution in [0.2, 0.25) is 0 Å². The predicted molar refractivity (Wildman–Crippen MR) is 58.3 cm³/mol. The molecule has 0 fully saturated rings. The number of rotatable bonds is 3. The molecule has 1 rings (SSSR count). The number of anilines is 1. The number of aromatic nitrogens is 2. The summed E-state index contributed by atoms with van der Waals surface area (Å²) in [5, 5.41) is 0. The van der Waals surface area contributed by atoms with Crippen molar-refractivity contribution in [2.45, 2.75) is 26.8 Å². The molecule has 1 aromatic rings. The third-order valence-electron chi connectivity index (χ3n) is 2.10. The first-order valence-electron chi connectivity index (χ1n) is 4.94. The van der Waals surface area contributed by atoms with Gasteiger partial charge in [-0.2, -0.15) is 0 Å². The predicted octanol–water partition coefficient (Wildman–Crippen LogP) is 0.929. The molecule has 1 amide bonds. The van der Waals surface area contributed by atoms with Gasteiger partial charge in [-0.15, -0.1) is 0 Å². The second kappa shape index (κ2) is 4.72. The van der Waals surface area contributed by atoms with E-state index in [1.165, 1.54) is 12.4 Å². The Hall–Kier alpha value is -1.65. The molecule has 2 N–H and O–H groups in total. The average molecular weight is 208 g/mol. The molecule has 0 atom stereocenters. The molecule has 0 aliphatic rings. The maximum atomic E-state index is 11.9. The van der Waals surface area contributed by atoms with Crippen molar-refractivity contribution in [3.05, 3.63) is 18.1 Å². The van der Waals surface area contributed by atoms with Crippen molar-refractivity contribution in [3.63, 3.8) is 0 Å². The molecule has 0 bridgehead atoms. The van der Waals surface area contributed by atoms with E-state index in [1.54, 1.807) is 4.90 Å². The van der Waals surface area contributed by atoms with Gasteiger partial charge < -0.3 is 10.6 Å². The Bertz CT molecular complexity index is 351. The van der Waals surface area contributed by atoms with Gasteiger partial charge in [-0.25, -0.2) is 4.98 Å². The molecule has 82 valence electrons. The van der Waals surface area contributed by atoms with E-state index in [2.05, 4.69) is 9.97 Å². The summed E-state index contributed by atoms with van der Waals surface area (Å²) in [6, 6.07) is 0.144. The minimum absolute atomic E-state index is 0.132. The van der Waals surface area contributed by atoms with Crippen LogP contribution in [0.4, 0.5) is 5.82 Å². The van der Waals surface area contributed by atoms with Gasteiger partial charge in [0.05, 0.1) is 12.4 Å². The monoisotopic (exact) mass is 208 g/mol. The lowest BCUT2D eigenvalue weighted by atomic mass is 10.3. The highest BCUT2D eigenvalue weighted by atomic mass is 16.2. The minimum atomic E-state index is -0.132. The highest BCUT2D eigenvalue weighted by Crippen LogP contribution is 2.06. The molecular formula is C10H16N4O. The lowest BCUT2D eigenvalue weighted by molar-refractivity contribution is 0.0710. The van der Waals surface area contributed by atoms with E-state index in [1.807, 2.05) is 20.8 Å². The molecule has 5 heteroatoms. The van der Waals surface area contributed by atoms with E-state index < -0.39 is 0 Å². The highest BCUT2D eigenvalue weighted by Gasteiger charge is 2.18. The standard InChI is InChI=1S/C10H16N4O/c1-4-14(7(2)3)10(15)8-5-12-6-9(11)13-8/h5-7H,4H2,1-3H3,(H2,11,13). The zero-order valence-corrected chi connectivity index (χ0v) is 9.27. The summed E-state index contributed by atoms with van der Waals surface area (Å²) >= 11 is 0. The van der Waals surface area contributed by atoms with Crippen molar-refractivity contribution in [1.29, 1.82) is 0 Å². The summed E-state index contributed by atoms with van der Waals surface area (Å²) < 4.78 is 0. The number of carbonyl (C=O) groups is 1. The van der Waals surface area contributed by atoms with Crippen LogP contribution in [0.15, 0.2) is 12.4 Å². The van der Waals surface area contributed by atoms with Crippen molar-refractivity contribution >= 4 is 11.7 Å². The van der Waals surface area contributed by atoms with Gasteiger partial charge in [-0.3, -0.25) is 9.78 Å². The zero-order chi connectivity index (χ0) is 11.4. The fraction of sp³-hybridized carbons (Fsp3) is 0.500. The maximum absolute atomic E-state index is 11.9. The molecule has 0 saturated heterocycles. The van der Waals surface area contributed by atoms with E-state index in [4.69, 9.17) is 5.73 Å². The van der Waals surface area contributed by atoms with Crippen LogP contribution in [-0.4, -0.2) is 33.4 Å². The zero-order valence-electron chi connectivity index (χ0n) is 9.27. The molecule has 0 saturated carbocycles. The second-order valence-corrected chi connectivity index (χ2v) is 3.51. The van der Waals surface area contributed by atoms with Gasteiger partial charge in [0.2, 0.25) is 0 Å². The molecule has 0 aliphatic heterocycles. The van der Waals surface area contributed by atoms with E-state index in [0.29, 0.717) is 12.2 Å². The summed E-state index contributed by atoms with van der Waals surface area (Å²) in [4.78, 5) is 21.4. The fourth-order valence-corrected chi connectivity index (χ4v) is 1.37. The lowest BCUT2D eigenvalue weighted by Crippen LogP contribution is -2.37. The number of nitrogens with two attached hydrogens (primary N) is 1. The first-order valence-corrected chi connectivity index (χ1v) is 4.94. The van der Waals surface area contributed by atoms with Gasteiger partial charge in [-0.1, -0.05) is 0 Å². The summed E-state index contributed by atoms with van der Waals surface area (Å²) in [7, 11) is 0. The number of amides is 1. The number of hydrogen-bond donors (Lipinski definition) is 1. The van der Waals surface area contributed by atoms with Crippen molar-refractivity contribution in [3.8, 4) is 0 Å². The normalized spacial score (nSPS) is 10.4. The third-order valence-corrected chi connectivity index (χ3v) is 2.10. The molecule has 0 radical (unpaired) electrons. The Morgan fingerprint density at radius 2 is 2.20 bits per heavy atom. The Morgan fingerprint density at radius 1 is 1.53 bits per heavy atom. The third kappa shape index (κ3) is 2.65. The van der Waals surface area contributed by atoms with Crippen LogP contribution in [0.1, 0.15) is 31.3 Å². The fourth-order valence-electron chi connectivity index (χ4n) is 1.37. The summed E-state index contributed by atoms with van der Waals surface area (Å²) in [5.41, 5.74) is 5.77. The second-order valence-electron chi connectivity index (χ2n) is 3.51. The Morgan fingerprint density at radius 3 is 2.67 bits per heavy atom. The minimum Gasteiger partial charge on any atom is -0.382 e. The van der Waals surface area contributed by atoms with E-state index in [9.17, 15) is 4.79 Å². The molecule has 0 unspecified atom stereocenters. The molecule has 0 aliphatic carbocycles. The van der Waals surface area contributed by atoms with Gasteiger partial charge in [-0.05, 0) is 20.8 Å².